The zero-order chi connectivity index (χ0) is 27.2. The summed E-state index contributed by atoms with van der Waals surface area (Å²) < 4.78 is 38.6. The molecule has 1 aromatic heterocycles. The number of aliphatic hydroxyl groups is 1. The number of halogens is 1. The van der Waals surface area contributed by atoms with Crippen LogP contribution in [-0.2, 0) is 10.3 Å². The molecule has 0 amide bonds. The average Bonchev–Trinajstić information content (AvgIpc) is 3.27. The molecular formula is C31H31FN2O5. The maximum absolute atomic E-state index is 15.2. The number of rotatable bonds is 10. The Labute approximate surface area is 227 Å². The third-order valence-corrected chi connectivity index (χ3v) is 7.21. The number of aromatic nitrogens is 2. The van der Waals surface area contributed by atoms with Crippen LogP contribution in [0.3, 0.4) is 0 Å². The van der Waals surface area contributed by atoms with Gasteiger partial charge in [-0.05, 0) is 47.4 Å². The van der Waals surface area contributed by atoms with E-state index in [2.05, 4.69) is 9.97 Å². The summed E-state index contributed by atoms with van der Waals surface area (Å²) in [4.78, 5) is 7.89. The van der Waals surface area contributed by atoms with Crippen LogP contribution >= 0.6 is 0 Å². The highest BCUT2D eigenvalue weighted by Crippen LogP contribution is 2.43. The van der Waals surface area contributed by atoms with E-state index in [1.807, 2.05) is 78.9 Å². The van der Waals surface area contributed by atoms with Crippen molar-refractivity contribution in [3.05, 3.63) is 114 Å². The molecular weight excluding hydrogens is 499 g/mol. The van der Waals surface area contributed by atoms with E-state index in [1.54, 1.807) is 20.3 Å². The number of ether oxygens (including phenoxy) is 4. The van der Waals surface area contributed by atoms with Crippen LogP contribution in [0.1, 0.15) is 23.1 Å². The molecule has 39 heavy (non-hydrogen) atoms. The van der Waals surface area contributed by atoms with E-state index in [1.165, 1.54) is 12.5 Å². The molecule has 0 unspecified atom stereocenters. The number of methoxy groups -OCH3 is 2. The van der Waals surface area contributed by atoms with Gasteiger partial charge in [-0.2, -0.15) is 0 Å². The molecule has 0 bridgehead atoms. The monoisotopic (exact) mass is 530 g/mol. The van der Waals surface area contributed by atoms with Gasteiger partial charge in [0, 0.05) is 18.2 Å². The smallest absolute Gasteiger partial charge is 0.216 e. The van der Waals surface area contributed by atoms with Crippen LogP contribution in [0.2, 0.25) is 0 Å². The molecule has 1 fully saturated rings. The molecule has 5 rings (SSSR count). The van der Waals surface area contributed by atoms with Crippen molar-refractivity contribution in [3.8, 4) is 17.4 Å². The van der Waals surface area contributed by atoms with E-state index in [0.717, 1.165) is 16.7 Å². The molecule has 0 spiro atoms. The van der Waals surface area contributed by atoms with Crippen molar-refractivity contribution >= 4 is 0 Å². The Balaban J connectivity index is 1.51. The Morgan fingerprint density at radius 3 is 1.97 bits per heavy atom. The molecule has 1 N–H and O–H groups in total. The first-order valence-electron chi connectivity index (χ1n) is 12.8. The number of alkyl halides is 1. The van der Waals surface area contributed by atoms with Crippen LogP contribution in [0.5, 0.6) is 17.4 Å². The molecule has 0 saturated heterocycles. The maximum Gasteiger partial charge on any atom is 0.216 e. The summed E-state index contributed by atoms with van der Waals surface area (Å²) in [5.41, 5.74) is 1.55. The van der Waals surface area contributed by atoms with E-state index in [-0.39, 0.29) is 18.9 Å². The lowest BCUT2D eigenvalue weighted by atomic mass is 9.79. The van der Waals surface area contributed by atoms with Crippen molar-refractivity contribution in [3.63, 3.8) is 0 Å². The van der Waals surface area contributed by atoms with Gasteiger partial charge in [0.1, 0.15) is 29.5 Å². The second-order valence-corrected chi connectivity index (χ2v) is 9.45. The third-order valence-electron chi connectivity index (χ3n) is 7.21. The zero-order valence-electron chi connectivity index (χ0n) is 21.8. The van der Waals surface area contributed by atoms with E-state index in [4.69, 9.17) is 18.9 Å². The lowest BCUT2D eigenvalue weighted by Gasteiger charge is -2.37. The van der Waals surface area contributed by atoms with Crippen LogP contribution in [0.4, 0.5) is 4.39 Å². The van der Waals surface area contributed by atoms with Gasteiger partial charge in [-0.1, -0.05) is 54.6 Å². The Hall–Kier alpha value is -4.01. The summed E-state index contributed by atoms with van der Waals surface area (Å²) in [5, 5.41) is 10.9. The first kappa shape index (κ1) is 26.6. The molecule has 1 aliphatic carbocycles. The van der Waals surface area contributed by atoms with Crippen molar-refractivity contribution in [2.24, 2.45) is 5.92 Å². The van der Waals surface area contributed by atoms with Crippen LogP contribution in [0.25, 0.3) is 0 Å². The lowest BCUT2D eigenvalue weighted by Crippen LogP contribution is -2.36. The molecule has 0 radical (unpaired) electrons. The van der Waals surface area contributed by atoms with Gasteiger partial charge in [0.05, 0.1) is 26.9 Å². The van der Waals surface area contributed by atoms with E-state index >= 15 is 4.39 Å². The third kappa shape index (κ3) is 5.44. The fourth-order valence-electron chi connectivity index (χ4n) is 5.14. The first-order chi connectivity index (χ1) is 19.0. The van der Waals surface area contributed by atoms with Gasteiger partial charge in [-0.3, -0.25) is 0 Å². The molecule has 3 aromatic carbocycles. The minimum Gasteiger partial charge on any atom is -0.497 e. The summed E-state index contributed by atoms with van der Waals surface area (Å²) in [5.74, 6) is 1.19. The molecule has 4 atom stereocenters. The van der Waals surface area contributed by atoms with E-state index in [0.29, 0.717) is 11.5 Å². The van der Waals surface area contributed by atoms with Crippen LogP contribution in [0.15, 0.2) is 97.5 Å². The van der Waals surface area contributed by atoms with Gasteiger partial charge in [0.15, 0.2) is 6.17 Å². The fraction of sp³-hybridized carbons (Fsp3) is 0.290. The highest BCUT2D eigenvalue weighted by Gasteiger charge is 2.47. The SMILES string of the molecule is COc1ccc(C(OC[C@H]2C[C@@H](Oc3ccncn3)[C@H](F)[C@@H]2O)(c2ccccc2)c2ccc(OC)cc2)cc1. The average molecular weight is 531 g/mol. The summed E-state index contributed by atoms with van der Waals surface area (Å²) in [7, 11) is 3.24. The van der Waals surface area contributed by atoms with Gasteiger partial charge >= 0.3 is 0 Å². The van der Waals surface area contributed by atoms with Crippen LogP contribution in [-0.4, -0.2) is 54.3 Å². The molecule has 7 nitrogen and oxygen atoms in total. The van der Waals surface area contributed by atoms with Crippen LogP contribution < -0.4 is 14.2 Å². The normalized spacial score (nSPS) is 20.9. The quantitative estimate of drug-likeness (QED) is 0.290. The Bertz CT molecular complexity index is 1280. The Morgan fingerprint density at radius 1 is 0.846 bits per heavy atom. The summed E-state index contributed by atoms with van der Waals surface area (Å²) in [6, 6.07) is 26.8. The predicted octanol–water partition coefficient (Wildman–Crippen LogP) is 4.97. The van der Waals surface area contributed by atoms with Crippen molar-refractivity contribution in [2.45, 2.75) is 30.4 Å². The predicted molar refractivity (Wildman–Crippen MR) is 144 cm³/mol. The van der Waals surface area contributed by atoms with Crippen molar-refractivity contribution in [1.29, 1.82) is 0 Å². The van der Waals surface area contributed by atoms with Crippen LogP contribution in [0, 0.1) is 5.92 Å². The molecule has 8 heteroatoms. The number of hydrogen-bond acceptors (Lipinski definition) is 7. The highest BCUT2D eigenvalue weighted by molar-refractivity contribution is 5.49. The second-order valence-electron chi connectivity index (χ2n) is 9.45. The molecule has 1 heterocycles. The lowest BCUT2D eigenvalue weighted by molar-refractivity contribution is -0.0389. The number of benzene rings is 3. The number of nitrogens with zero attached hydrogens (tertiary/aromatic N) is 2. The summed E-state index contributed by atoms with van der Waals surface area (Å²) >= 11 is 0. The second kappa shape index (κ2) is 11.8. The fourth-order valence-corrected chi connectivity index (χ4v) is 5.14. The highest BCUT2D eigenvalue weighted by atomic mass is 19.1. The minimum absolute atomic E-state index is 0.0815. The van der Waals surface area contributed by atoms with Gasteiger partial charge in [0.25, 0.3) is 0 Å². The Morgan fingerprint density at radius 2 is 1.44 bits per heavy atom. The largest absolute Gasteiger partial charge is 0.497 e. The number of aliphatic hydroxyl groups excluding tert-OH is 1. The molecule has 4 aromatic rings. The van der Waals surface area contributed by atoms with Gasteiger partial charge < -0.3 is 24.1 Å². The standard InChI is InChI=1S/C31H31FN2O5/c1-36-25-12-8-23(9-13-25)31(22-6-4-3-5-7-22,24-10-14-26(37-2)15-11-24)38-19-21-18-27(29(32)30(21)35)39-28-16-17-33-20-34-28/h3-17,20-21,27,29-30,35H,18-19H2,1-2H3/t21-,27-,29+,30-/m1/s1. The van der Waals surface area contributed by atoms with Gasteiger partial charge in [-0.25, -0.2) is 14.4 Å². The van der Waals surface area contributed by atoms with Crippen molar-refractivity contribution in [1.82, 2.24) is 9.97 Å². The molecule has 1 aliphatic rings. The maximum atomic E-state index is 15.2. The van der Waals surface area contributed by atoms with E-state index < -0.39 is 29.9 Å². The van der Waals surface area contributed by atoms with Gasteiger partial charge in [-0.15, -0.1) is 0 Å². The van der Waals surface area contributed by atoms with E-state index in [9.17, 15) is 5.11 Å². The Kier molecular flexibility index (Phi) is 8.05. The van der Waals surface area contributed by atoms with Crippen molar-refractivity contribution in [2.75, 3.05) is 20.8 Å². The molecule has 1 saturated carbocycles. The topological polar surface area (TPSA) is 82.9 Å². The van der Waals surface area contributed by atoms with Crippen molar-refractivity contribution < 1.29 is 28.4 Å². The minimum atomic E-state index is -1.58. The summed E-state index contributed by atoms with van der Waals surface area (Å²) in [6.07, 6.45) is -0.552. The molecule has 0 aliphatic heterocycles. The molecule has 202 valence electrons. The van der Waals surface area contributed by atoms with Gasteiger partial charge in [0.2, 0.25) is 5.88 Å². The zero-order valence-corrected chi connectivity index (χ0v) is 21.8. The number of hydrogen-bond donors (Lipinski definition) is 1. The summed E-state index contributed by atoms with van der Waals surface area (Å²) in [6.45, 7) is 0.0815. The first-order valence-corrected chi connectivity index (χ1v) is 12.8.